The van der Waals surface area contributed by atoms with Crippen molar-refractivity contribution in [2.45, 2.75) is 45.3 Å². The van der Waals surface area contributed by atoms with Crippen molar-refractivity contribution in [3.05, 3.63) is 0 Å². The van der Waals surface area contributed by atoms with Crippen LogP contribution in [0.3, 0.4) is 0 Å². The van der Waals surface area contributed by atoms with E-state index in [0.717, 1.165) is 25.9 Å². The van der Waals surface area contributed by atoms with Gasteiger partial charge in [-0.1, -0.05) is 0 Å². The second-order valence-electron chi connectivity index (χ2n) is 3.31. The van der Waals surface area contributed by atoms with E-state index < -0.39 is 0 Å². The van der Waals surface area contributed by atoms with E-state index in [4.69, 9.17) is 9.47 Å². The largest absolute Gasteiger partial charge is 0.463 e. The highest BCUT2D eigenvalue weighted by molar-refractivity contribution is 5.66. The SMILES string of the molecule is CC(=O)O[C@H](C)CCCC1CO1. The summed E-state index contributed by atoms with van der Waals surface area (Å²) in [7, 11) is 0. The summed E-state index contributed by atoms with van der Waals surface area (Å²) in [5, 5.41) is 0. The summed E-state index contributed by atoms with van der Waals surface area (Å²) in [4.78, 5) is 10.5. The van der Waals surface area contributed by atoms with Crippen molar-refractivity contribution in [3.63, 3.8) is 0 Å². The van der Waals surface area contributed by atoms with E-state index in [1.54, 1.807) is 0 Å². The third-order valence-corrected chi connectivity index (χ3v) is 1.91. The molecule has 1 fully saturated rings. The molecule has 0 radical (unpaired) electrons. The summed E-state index contributed by atoms with van der Waals surface area (Å²) in [6, 6.07) is 0. The Kier molecular flexibility index (Phi) is 3.53. The lowest BCUT2D eigenvalue weighted by Gasteiger charge is -2.10. The number of hydrogen-bond donors (Lipinski definition) is 0. The lowest BCUT2D eigenvalue weighted by Crippen LogP contribution is -2.12. The van der Waals surface area contributed by atoms with Gasteiger partial charge in [0.05, 0.1) is 18.8 Å². The number of hydrogen-bond acceptors (Lipinski definition) is 3. The van der Waals surface area contributed by atoms with E-state index in [0.29, 0.717) is 6.10 Å². The highest BCUT2D eigenvalue weighted by atomic mass is 16.6. The first kappa shape index (κ1) is 9.52. The van der Waals surface area contributed by atoms with Crippen LogP contribution in [0.4, 0.5) is 0 Å². The zero-order valence-corrected chi connectivity index (χ0v) is 7.71. The maximum absolute atomic E-state index is 10.5. The average molecular weight is 172 g/mol. The molecule has 12 heavy (non-hydrogen) atoms. The van der Waals surface area contributed by atoms with Crippen LogP contribution in [0.1, 0.15) is 33.1 Å². The maximum Gasteiger partial charge on any atom is 0.302 e. The summed E-state index contributed by atoms with van der Waals surface area (Å²) in [6.45, 7) is 4.29. The van der Waals surface area contributed by atoms with Crippen molar-refractivity contribution < 1.29 is 14.3 Å². The van der Waals surface area contributed by atoms with Crippen LogP contribution in [0.2, 0.25) is 0 Å². The molecule has 1 aliphatic rings. The maximum atomic E-state index is 10.5. The minimum atomic E-state index is -0.190. The number of carbonyl (C=O) groups is 1. The molecule has 3 nitrogen and oxygen atoms in total. The van der Waals surface area contributed by atoms with Crippen LogP contribution >= 0.6 is 0 Å². The molecule has 0 spiro atoms. The van der Waals surface area contributed by atoms with Crippen LogP contribution in [0.25, 0.3) is 0 Å². The molecule has 1 aliphatic heterocycles. The Labute approximate surface area is 73.0 Å². The van der Waals surface area contributed by atoms with E-state index in [-0.39, 0.29) is 12.1 Å². The first-order valence-corrected chi connectivity index (χ1v) is 4.47. The van der Waals surface area contributed by atoms with Crippen LogP contribution in [0, 0.1) is 0 Å². The summed E-state index contributed by atoms with van der Waals surface area (Å²) >= 11 is 0. The summed E-state index contributed by atoms with van der Waals surface area (Å²) in [5.74, 6) is -0.190. The number of ether oxygens (including phenoxy) is 2. The van der Waals surface area contributed by atoms with Gasteiger partial charge < -0.3 is 9.47 Å². The van der Waals surface area contributed by atoms with Gasteiger partial charge in [-0.25, -0.2) is 0 Å². The Morgan fingerprint density at radius 3 is 2.92 bits per heavy atom. The third-order valence-electron chi connectivity index (χ3n) is 1.91. The molecule has 1 heterocycles. The number of epoxide rings is 1. The van der Waals surface area contributed by atoms with Crippen LogP contribution in [-0.4, -0.2) is 24.8 Å². The number of esters is 1. The summed E-state index contributed by atoms with van der Waals surface area (Å²) in [5.41, 5.74) is 0. The minimum absolute atomic E-state index is 0.0567. The molecule has 0 amide bonds. The molecule has 0 N–H and O–H groups in total. The summed E-state index contributed by atoms with van der Waals surface area (Å²) in [6.07, 6.45) is 3.68. The van der Waals surface area contributed by atoms with Gasteiger partial charge in [-0.2, -0.15) is 0 Å². The standard InChI is InChI=1S/C9H16O3/c1-7(12-8(2)10)4-3-5-9-6-11-9/h7,9H,3-6H2,1-2H3/t7-,9?/m1/s1. The molecule has 0 aromatic carbocycles. The van der Waals surface area contributed by atoms with Crippen molar-refractivity contribution in [1.82, 2.24) is 0 Å². The minimum Gasteiger partial charge on any atom is -0.463 e. The average Bonchev–Trinajstić information content (AvgIpc) is 2.69. The predicted molar refractivity (Wildman–Crippen MR) is 44.8 cm³/mol. The lowest BCUT2D eigenvalue weighted by molar-refractivity contribution is -0.145. The first-order valence-electron chi connectivity index (χ1n) is 4.47. The Morgan fingerprint density at radius 1 is 1.75 bits per heavy atom. The Balaban J connectivity index is 1.93. The van der Waals surface area contributed by atoms with Gasteiger partial charge in [0.1, 0.15) is 0 Å². The van der Waals surface area contributed by atoms with E-state index in [1.807, 2.05) is 6.92 Å². The molecule has 1 unspecified atom stereocenters. The molecular formula is C9H16O3. The molecule has 1 saturated heterocycles. The normalized spacial score (nSPS) is 23.3. The van der Waals surface area contributed by atoms with Gasteiger partial charge in [0.2, 0.25) is 0 Å². The smallest absolute Gasteiger partial charge is 0.302 e. The van der Waals surface area contributed by atoms with Gasteiger partial charge >= 0.3 is 5.97 Å². The molecule has 0 bridgehead atoms. The van der Waals surface area contributed by atoms with Gasteiger partial charge in [-0.3, -0.25) is 4.79 Å². The fourth-order valence-corrected chi connectivity index (χ4v) is 1.21. The van der Waals surface area contributed by atoms with E-state index in [1.165, 1.54) is 6.92 Å². The van der Waals surface area contributed by atoms with Gasteiger partial charge in [0.15, 0.2) is 0 Å². The highest BCUT2D eigenvalue weighted by Crippen LogP contribution is 2.17. The van der Waals surface area contributed by atoms with Crippen LogP contribution in [0.5, 0.6) is 0 Å². The third kappa shape index (κ3) is 4.34. The van der Waals surface area contributed by atoms with Crippen molar-refractivity contribution in [2.75, 3.05) is 6.61 Å². The second-order valence-corrected chi connectivity index (χ2v) is 3.31. The van der Waals surface area contributed by atoms with Crippen LogP contribution < -0.4 is 0 Å². The zero-order chi connectivity index (χ0) is 8.97. The molecule has 3 heteroatoms. The van der Waals surface area contributed by atoms with E-state index >= 15 is 0 Å². The zero-order valence-electron chi connectivity index (χ0n) is 7.71. The topological polar surface area (TPSA) is 38.8 Å². The lowest BCUT2D eigenvalue weighted by atomic mass is 10.1. The monoisotopic (exact) mass is 172 g/mol. The summed E-state index contributed by atoms with van der Waals surface area (Å²) < 4.78 is 10.0. The first-order chi connectivity index (χ1) is 5.68. The van der Waals surface area contributed by atoms with Gasteiger partial charge in [-0.05, 0) is 26.2 Å². The van der Waals surface area contributed by atoms with Gasteiger partial charge in [0.25, 0.3) is 0 Å². The van der Waals surface area contributed by atoms with Crippen LogP contribution in [-0.2, 0) is 14.3 Å². The van der Waals surface area contributed by atoms with Crippen molar-refractivity contribution >= 4 is 5.97 Å². The van der Waals surface area contributed by atoms with Gasteiger partial charge in [-0.15, -0.1) is 0 Å². The van der Waals surface area contributed by atoms with Crippen molar-refractivity contribution in [2.24, 2.45) is 0 Å². The fraction of sp³-hybridized carbons (Fsp3) is 0.889. The molecule has 1 rings (SSSR count). The van der Waals surface area contributed by atoms with Crippen molar-refractivity contribution in [3.8, 4) is 0 Å². The Morgan fingerprint density at radius 2 is 2.42 bits per heavy atom. The van der Waals surface area contributed by atoms with Gasteiger partial charge in [0, 0.05) is 6.92 Å². The predicted octanol–water partition coefficient (Wildman–Crippen LogP) is 1.51. The van der Waals surface area contributed by atoms with Crippen LogP contribution in [0.15, 0.2) is 0 Å². The number of carbonyl (C=O) groups excluding carboxylic acids is 1. The molecule has 0 aromatic heterocycles. The Bertz CT molecular complexity index is 152. The Hall–Kier alpha value is -0.570. The van der Waals surface area contributed by atoms with E-state index in [2.05, 4.69) is 0 Å². The molecule has 0 aromatic rings. The highest BCUT2D eigenvalue weighted by Gasteiger charge is 2.21. The molecule has 0 aliphatic carbocycles. The molecular weight excluding hydrogens is 156 g/mol. The molecule has 2 atom stereocenters. The second kappa shape index (κ2) is 4.45. The molecule has 0 saturated carbocycles. The molecule has 70 valence electrons. The fourth-order valence-electron chi connectivity index (χ4n) is 1.21. The van der Waals surface area contributed by atoms with Crippen molar-refractivity contribution in [1.29, 1.82) is 0 Å². The number of rotatable bonds is 5. The van der Waals surface area contributed by atoms with E-state index in [9.17, 15) is 4.79 Å². The quantitative estimate of drug-likeness (QED) is 0.466.